The number of halogens is 6. The lowest BCUT2D eigenvalue weighted by Crippen LogP contribution is -2.47. The van der Waals surface area contributed by atoms with Crippen molar-refractivity contribution in [2.75, 3.05) is 13.1 Å². The van der Waals surface area contributed by atoms with Crippen molar-refractivity contribution in [1.29, 1.82) is 0 Å². The van der Waals surface area contributed by atoms with Gasteiger partial charge in [-0.1, -0.05) is 19.8 Å². The quantitative estimate of drug-likeness (QED) is 0.430. The maximum absolute atomic E-state index is 12.2. The van der Waals surface area contributed by atoms with Crippen LogP contribution in [-0.2, 0) is 14.4 Å². The molecule has 2 atom stereocenters. The molecule has 32 heavy (non-hydrogen) atoms. The summed E-state index contributed by atoms with van der Waals surface area (Å²) in [4.78, 5) is 34.9. The van der Waals surface area contributed by atoms with Crippen molar-refractivity contribution in [3.05, 3.63) is 0 Å². The molecule has 14 heteroatoms. The van der Waals surface area contributed by atoms with E-state index in [0.717, 1.165) is 37.7 Å². The van der Waals surface area contributed by atoms with Crippen LogP contribution in [0.15, 0.2) is 4.99 Å². The highest BCUT2D eigenvalue weighted by atomic mass is 19.4. The number of amides is 1. The van der Waals surface area contributed by atoms with E-state index in [0.29, 0.717) is 5.92 Å². The van der Waals surface area contributed by atoms with Crippen molar-refractivity contribution in [2.24, 2.45) is 16.8 Å². The van der Waals surface area contributed by atoms with E-state index in [4.69, 9.17) is 24.8 Å². The van der Waals surface area contributed by atoms with Gasteiger partial charge in [0.15, 0.2) is 0 Å². The number of hydrogen-bond donors (Lipinski definition) is 4. The van der Waals surface area contributed by atoms with Crippen LogP contribution in [0.25, 0.3) is 0 Å². The molecule has 1 aliphatic carbocycles. The van der Waals surface area contributed by atoms with Crippen molar-refractivity contribution in [2.45, 2.75) is 63.3 Å². The van der Waals surface area contributed by atoms with E-state index in [1.54, 1.807) is 0 Å². The van der Waals surface area contributed by atoms with Gasteiger partial charge in [0, 0.05) is 5.92 Å². The van der Waals surface area contributed by atoms with Gasteiger partial charge < -0.3 is 20.8 Å². The Morgan fingerprint density at radius 2 is 1.47 bits per heavy atom. The molecule has 2 heterocycles. The number of aliphatic imine (C=N–C) groups is 1. The van der Waals surface area contributed by atoms with Gasteiger partial charge >= 0.3 is 24.3 Å². The number of alkyl halides is 6. The Labute approximate surface area is 179 Å². The number of carbonyl (C=O) groups excluding carboxylic acids is 1. The van der Waals surface area contributed by atoms with Gasteiger partial charge in [-0.15, -0.1) is 0 Å². The van der Waals surface area contributed by atoms with Crippen molar-refractivity contribution in [3.8, 4) is 0 Å². The summed E-state index contributed by atoms with van der Waals surface area (Å²) in [6.45, 7) is 4.13. The normalized spacial score (nSPS) is 24.8. The molecule has 1 amide bonds. The Balaban J connectivity index is 0.000000305. The van der Waals surface area contributed by atoms with Gasteiger partial charge in [0.05, 0.1) is 0 Å². The molecule has 2 unspecified atom stereocenters. The third-order valence-corrected chi connectivity index (χ3v) is 5.24. The highest BCUT2D eigenvalue weighted by Crippen LogP contribution is 2.34. The van der Waals surface area contributed by atoms with Crippen LogP contribution in [0.4, 0.5) is 26.3 Å². The number of nitrogens with one attached hydrogen (secondary N) is 2. The van der Waals surface area contributed by atoms with Crippen LogP contribution in [0.3, 0.4) is 0 Å². The lowest BCUT2D eigenvalue weighted by Gasteiger charge is -2.28. The summed E-state index contributed by atoms with van der Waals surface area (Å²) < 4.78 is 63.5. The Kier molecular flexibility index (Phi) is 9.48. The monoisotopic (exact) mass is 477 g/mol. The fourth-order valence-corrected chi connectivity index (χ4v) is 3.60. The molecule has 1 saturated heterocycles. The number of aliphatic carboxylic acids is 2. The zero-order valence-electron chi connectivity index (χ0n) is 17.1. The molecule has 3 rings (SSSR count). The summed E-state index contributed by atoms with van der Waals surface area (Å²) in [5, 5.41) is 20.6. The van der Waals surface area contributed by atoms with Gasteiger partial charge in [0.2, 0.25) is 0 Å². The molecular weight excluding hydrogens is 452 g/mol. The second-order valence-electron chi connectivity index (χ2n) is 7.81. The Morgan fingerprint density at radius 3 is 1.88 bits per heavy atom. The van der Waals surface area contributed by atoms with E-state index in [2.05, 4.69) is 17.6 Å². The van der Waals surface area contributed by atoms with Gasteiger partial charge in [-0.25, -0.2) is 9.59 Å². The number of carbonyl (C=O) groups is 3. The third kappa shape index (κ3) is 8.28. The second kappa shape index (κ2) is 11.0. The van der Waals surface area contributed by atoms with Gasteiger partial charge in [-0.3, -0.25) is 9.79 Å². The molecule has 1 saturated carbocycles. The number of carboxylic acid groups (broad SMARTS) is 2. The maximum atomic E-state index is 12.2. The average Bonchev–Trinajstić information content (AvgIpc) is 2.98. The number of nitrogens with zero attached hydrogens (tertiary/aromatic N) is 1. The first-order valence-electron chi connectivity index (χ1n) is 9.80. The first-order chi connectivity index (χ1) is 14.6. The van der Waals surface area contributed by atoms with Crippen LogP contribution < -0.4 is 10.6 Å². The number of carboxylic acids is 2. The van der Waals surface area contributed by atoms with E-state index in [1.807, 2.05) is 0 Å². The van der Waals surface area contributed by atoms with E-state index in [9.17, 15) is 31.1 Å². The molecule has 0 aromatic carbocycles. The first kappa shape index (κ1) is 27.7. The first-order valence-corrected chi connectivity index (χ1v) is 9.80. The molecule has 0 radical (unpaired) electrons. The lowest BCUT2D eigenvalue weighted by atomic mass is 9.82. The van der Waals surface area contributed by atoms with Crippen LogP contribution in [0.1, 0.15) is 45.4 Å². The van der Waals surface area contributed by atoms with Crippen molar-refractivity contribution in [1.82, 2.24) is 10.6 Å². The standard InChI is InChI=1S/C14H23N3O.2C2HF3O2/c1-10-3-2-4-11(9-10)12-16-13(18)14(17-12)5-7-15-8-6-14;2*3-2(4,5)1(6)7/h10-11,15H,2-9H2,1H3,(H,16,17,18);2*(H,6,7). The summed E-state index contributed by atoms with van der Waals surface area (Å²) in [6.07, 6.45) is -3.48. The molecular formula is C18H25F6N3O5. The van der Waals surface area contributed by atoms with Crippen molar-refractivity contribution >= 4 is 23.7 Å². The highest BCUT2D eigenvalue weighted by molar-refractivity contribution is 6.09. The van der Waals surface area contributed by atoms with Gasteiger partial charge in [-0.2, -0.15) is 26.3 Å². The fourth-order valence-electron chi connectivity index (χ4n) is 3.60. The smallest absolute Gasteiger partial charge is 0.475 e. The molecule has 0 aromatic rings. The SMILES string of the molecule is CC1CCCC(C2=NC3(CCNCC3)C(=O)N2)C1.O=C(O)C(F)(F)F.O=C(O)C(F)(F)F. The summed E-state index contributed by atoms with van der Waals surface area (Å²) >= 11 is 0. The highest BCUT2D eigenvalue weighted by Gasteiger charge is 2.45. The molecule has 4 N–H and O–H groups in total. The Morgan fingerprint density at radius 1 is 1.00 bits per heavy atom. The average molecular weight is 477 g/mol. The minimum absolute atomic E-state index is 0.150. The molecule has 2 aliphatic heterocycles. The predicted octanol–water partition coefficient (Wildman–Crippen LogP) is 2.73. The molecule has 2 fully saturated rings. The van der Waals surface area contributed by atoms with Crippen LogP contribution in [0.5, 0.6) is 0 Å². The van der Waals surface area contributed by atoms with E-state index >= 15 is 0 Å². The molecule has 184 valence electrons. The van der Waals surface area contributed by atoms with Crippen molar-refractivity contribution < 1.29 is 50.9 Å². The summed E-state index contributed by atoms with van der Waals surface area (Å²) in [5.41, 5.74) is -0.429. The van der Waals surface area contributed by atoms with Gasteiger partial charge in [-0.05, 0) is 44.7 Å². The van der Waals surface area contributed by atoms with Crippen LogP contribution in [-0.4, -0.2) is 64.9 Å². The molecule has 3 aliphatic rings. The van der Waals surface area contributed by atoms with Gasteiger partial charge in [0.1, 0.15) is 11.4 Å². The number of hydrogen-bond acceptors (Lipinski definition) is 5. The number of amidine groups is 1. The topological polar surface area (TPSA) is 128 Å². The zero-order chi connectivity index (χ0) is 24.7. The van der Waals surface area contributed by atoms with Crippen LogP contribution in [0.2, 0.25) is 0 Å². The Hall–Kier alpha value is -2.38. The largest absolute Gasteiger partial charge is 0.490 e. The summed E-state index contributed by atoms with van der Waals surface area (Å²) in [5.74, 6) is -3.11. The minimum atomic E-state index is -5.08. The fraction of sp³-hybridized carbons (Fsp3) is 0.778. The van der Waals surface area contributed by atoms with Crippen LogP contribution >= 0.6 is 0 Å². The second-order valence-corrected chi connectivity index (χ2v) is 7.81. The zero-order valence-corrected chi connectivity index (χ0v) is 17.1. The molecule has 0 bridgehead atoms. The van der Waals surface area contributed by atoms with Crippen LogP contribution in [0, 0.1) is 11.8 Å². The predicted molar refractivity (Wildman–Crippen MR) is 98.9 cm³/mol. The van der Waals surface area contributed by atoms with Gasteiger partial charge in [0.25, 0.3) is 5.91 Å². The lowest BCUT2D eigenvalue weighted by molar-refractivity contribution is -0.193. The number of piperidine rings is 1. The molecule has 8 nitrogen and oxygen atoms in total. The Bertz CT molecular complexity index is 693. The molecule has 1 spiro atoms. The summed E-state index contributed by atoms with van der Waals surface area (Å²) in [6, 6.07) is 0. The minimum Gasteiger partial charge on any atom is -0.475 e. The third-order valence-electron chi connectivity index (χ3n) is 5.24. The number of rotatable bonds is 1. The van der Waals surface area contributed by atoms with E-state index < -0.39 is 29.8 Å². The summed E-state index contributed by atoms with van der Waals surface area (Å²) in [7, 11) is 0. The maximum Gasteiger partial charge on any atom is 0.490 e. The molecule has 0 aromatic heterocycles. The van der Waals surface area contributed by atoms with E-state index in [-0.39, 0.29) is 5.91 Å². The van der Waals surface area contributed by atoms with Crippen molar-refractivity contribution in [3.63, 3.8) is 0 Å². The van der Waals surface area contributed by atoms with E-state index in [1.165, 1.54) is 25.7 Å².